The summed E-state index contributed by atoms with van der Waals surface area (Å²) in [7, 11) is 0. The van der Waals surface area contributed by atoms with Crippen LogP contribution in [0.3, 0.4) is 0 Å². The molecule has 4 nitrogen and oxygen atoms in total. The summed E-state index contributed by atoms with van der Waals surface area (Å²) >= 11 is 0. The molecule has 0 bridgehead atoms. The fourth-order valence-electron chi connectivity index (χ4n) is 6.27. The Kier molecular flexibility index (Phi) is 10.9. The van der Waals surface area contributed by atoms with E-state index in [1.165, 1.54) is 27.8 Å². The number of hydrogen-bond donors (Lipinski definition) is 0. The van der Waals surface area contributed by atoms with Crippen molar-refractivity contribution >= 4 is 21.9 Å². The zero-order valence-electron chi connectivity index (χ0n) is 33.3. The predicted molar refractivity (Wildman–Crippen MR) is 215 cm³/mol. The van der Waals surface area contributed by atoms with Gasteiger partial charge in [0.1, 0.15) is 5.58 Å². The molecule has 53 heavy (non-hydrogen) atoms. The van der Waals surface area contributed by atoms with Crippen molar-refractivity contribution in [1.29, 1.82) is 5.26 Å². The number of rotatable bonds is 3. The van der Waals surface area contributed by atoms with Gasteiger partial charge < -0.3 is 14.4 Å². The molecule has 0 spiro atoms. The number of nitriles is 1. The molecule has 0 aliphatic rings. The topological polar surface area (TPSA) is 62.7 Å². The first-order chi connectivity index (χ1) is 25.0. The van der Waals surface area contributed by atoms with E-state index in [0.29, 0.717) is 16.7 Å². The average Bonchev–Trinajstić information content (AvgIpc) is 3.52. The second-order valence-corrected chi connectivity index (χ2v) is 16.5. The minimum Gasteiger partial charge on any atom is -0.501 e. The molecular formula is C48H47IrN3O-2. The second kappa shape index (κ2) is 15.2. The van der Waals surface area contributed by atoms with Gasteiger partial charge in [0.2, 0.25) is 0 Å². The van der Waals surface area contributed by atoms with Crippen LogP contribution in [0.1, 0.15) is 91.5 Å². The van der Waals surface area contributed by atoms with E-state index in [1.54, 1.807) is 6.07 Å². The van der Waals surface area contributed by atoms with Crippen molar-refractivity contribution in [3.8, 4) is 39.7 Å². The van der Waals surface area contributed by atoms with Crippen LogP contribution < -0.4 is 0 Å². The third-order valence-corrected chi connectivity index (χ3v) is 9.43. The Hall–Kier alpha value is -4.88. The molecule has 5 heteroatoms. The van der Waals surface area contributed by atoms with E-state index in [4.69, 9.17) is 5.79 Å². The molecule has 0 amide bonds. The molecule has 0 N–H and O–H groups in total. The molecule has 7 aromatic rings. The van der Waals surface area contributed by atoms with Crippen LogP contribution in [0.25, 0.3) is 55.6 Å². The molecule has 0 fully saturated rings. The summed E-state index contributed by atoms with van der Waals surface area (Å²) < 4.78 is 14.7. The zero-order chi connectivity index (χ0) is 38.3. The summed E-state index contributed by atoms with van der Waals surface area (Å²) in [6, 6.07) is 37.6. The fourth-order valence-corrected chi connectivity index (χ4v) is 6.27. The van der Waals surface area contributed by atoms with Crippen LogP contribution in [0.4, 0.5) is 0 Å². The number of benzene rings is 4. The largest absolute Gasteiger partial charge is 0.501 e. The maximum Gasteiger partial charge on any atom is 0.122 e. The predicted octanol–water partition coefficient (Wildman–Crippen LogP) is 12.7. The summed E-state index contributed by atoms with van der Waals surface area (Å²) in [6.07, 6.45) is 3.80. The first-order valence-electron chi connectivity index (χ1n) is 18.3. The summed E-state index contributed by atoms with van der Waals surface area (Å²) in [5.74, 6) is 0. The van der Waals surface area contributed by atoms with Crippen molar-refractivity contribution in [2.24, 2.45) is 0 Å². The van der Waals surface area contributed by atoms with Crippen LogP contribution in [0, 0.1) is 30.4 Å². The quantitative estimate of drug-likeness (QED) is 0.166. The molecular weight excluding hydrogens is 827 g/mol. The van der Waals surface area contributed by atoms with E-state index >= 15 is 0 Å². The summed E-state index contributed by atoms with van der Waals surface area (Å²) in [6.45, 7) is 21.7. The normalized spacial score (nSPS) is 12.1. The van der Waals surface area contributed by atoms with Gasteiger partial charge in [-0.15, -0.1) is 47.0 Å². The van der Waals surface area contributed by atoms with Gasteiger partial charge in [-0.2, -0.15) is 5.26 Å². The Labute approximate surface area is 330 Å². The van der Waals surface area contributed by atoms with E-state index in [-0.39, 0.29) is 42.4 Å². The molecule has 1 radical (unpaired) electrons. The number of hydrogen-bond acceptors (Lipinski definition) is 4. The van der Waals surface area contributed by atoms with Crippen LogP contribution in [0.15, 0.2) is 108 Å². The Balaban J connectivity index is 0.000000211. The van der Waals surface area contributed by atoms with Gasteiger partial charge in [-0.1, -0.05) is 140 Å². The number of fused-ring (bicyclic) bond motifs is 3. The van der Waals surface area contributed by atoms with E-state index < -0.39 is 0 Å². The van der Waals surface area contributed by atoms with Gasteiger partial charge in [0.25, 0.3) is 0 Å². The Morgan fingerprint density at radius 3 is 2.09 bits per heavy atom. The summed E-state index contributed by atoms with van der Waals surface area (Å²) in [4.78, 5) is 9.25. The molecule has 0 aliphatic heterocycles. The smallest absolute Gasteiger partial charge is 0.122 e. The van der Waals surface area contributed by atoms with Crippen molar-refractivity contribution in [2.45, 2.75) is 85.5 Å². The fraction of sp³-hybridized carbons (Fsp3) is 0.271. The third kappa shape index (κ3) is 8.52. The van der Waals surface area contributed by atoms with Crippen LogP contribution >= 0.6 is 0 Å². The van der Waals surface area contributed by atoms with E-state index in [0.717, 1.165) is 38.9 Å². The van der Waals surface area contributed by atoms with Crippen molar-refractivity contribution in [3.63, 3.8) is 0 Å². The monoisotopic (exact) mass is 875 g/mol. The van der Waals surface area contributed by atoms with Gasteiger partial charge in [0.15, 0.2) is 0 Å². The molecule has 0 unspecified atom stereocenters. The number of aromatic nitrogens is 2. The van der Waals surface area contributed by atoms with Gasteiger partial charge in [0.05, 0.1) is 18.6 Å². The van der Waals surface area contributed by atoms with Crippen molar-refractivity contribution in [1.82, 2.24) is 9.97 Å². The zero-order valence-corrected chi connectivity index (χ0v) is 34.7. The van der Waals surface area contributed by atoms with Gasteiger partial charge in [-0.05, 0) is 62.5 Å². The third-order valence-electron chi connectivity index (χ3n) is 9.43. The van der Waals surface area contributed by atoms with Crippen LogP contribution in [0.2, 0.25) is 0 Å². The maximum absolute atomic E-state index is 9.35. The minimum atomic E-state index is -0.138. The molecule has 4 aromatic carbocycles. The van der Waals surface area contributed by atoms with Crippen LogP contribution in [0.5, 0.6) is 0 Å². The molecule has 0 saturated carbocycles. The molecule has 271 valence electrons. The molecule has 3 aromatic heterocycles. The molecule has 0 saturated heterocycles. The first-order valence-corrected chi connectivity index (χ1v) is 17.8. The molecule has 0 aliphatic carbocycles. The first kappa shape index (κ1) is 37.9. The van der Waals surface area contributed by atoms with E-state index in [9.17, 15) is 5.26 Å². The van der Waals surface area contributed by atoms with Crippen LogP contribution in [-0.4, -0.2) is 9.97 Å². The Morgan fingerprint density at radius 1 is 0.755 bits per heavy atom. The Morgan fingerprint density at radius 2 is 1.47 bits per heavy atom. The van der Waals surface area contributed by atoms with Gasteiger partial charge in [0, 0.05) is 37.9 Å². The maximum atomic E-state index is 9.35. The average molecular weight is 875 g/mol. The standard InChI is InChI=1S/C26H25N2O.C22H22N.Ir/c1-25(2,3)17-11-12-28-21(14-17)18-9-10-20(26(4,5)6)23-19-8-7-16(15-27)13-22(19)29-24(18)23;1-16-10-11-18(14-20(16)17-8-6-5-7-9-17)21-13-12-19(15-23-21)22(2,3)4;/h7-8,10-14H,1-6H3;5-10,12-15H,1-4H3;/q2*-1;/i13D;;. The molecule has 0 atom stereocenters. The number of aryl methyl sites for hydroxylation is 1. The van der Waals surface area contributed by atoms with E-state index in [2.05, 4.69) is 152 Å². The number of nitrogens with zero attached hydrogens (tertiary/aromatic N) is 3. The van der Waals surface area contributed by atoms with Gasteiger partial charge in [-0.25, -0.2) is 0 Å². The number of pyridine rings is 2. The Bertz CT molecular complexity index is 2470. The van der Waals surface area contributed by atoms with Crippen molar-refractivity contribution in [3.05, 3.63) is 143 Å². The van der Waals surface area contributed by atoms with E-state index in [1.807, 2.05) is 36.7 Å². The van der Waals surface area contributed by atoms with Crippen molar-refractivity contribution in [2.75, 3.05) is 0 Å². The summed E-state index contributed by atoms with van der Waals surface area (Å²) in [5.41, 5.74) is 12.2. The second-order valence-electron chi connectivity index (χ2n) is 16.5. The molecule has 7 rings (SSSR count). The summed E-state index contributed by atoms with van der Waals surface area (Å²) in [5, 5.41) is 11.2. The van der Waals surface area contributed by atoms with Crippen molar-refractivity contribution < 1.29 is 25.9 Å². The van der Waals surface area contributed by atoms with Gasteiger partial charge in [-0.3, -0.25) is 0 Å². The molecule has 3 heterocycles. The minimum absolute atomic E-state index is 0. The number of furan rings is 1. The van der Waals surface area contributed by atoms with Crippen LogP contribution in [-0.2, 0) is 36.4 Å². The van der Waals surface area contributed by atoms with Gasteiger partial charge >= 0.3 is 0 Å². The SMILES string of the molecule is Cc1c[c-]c(-c2ccc(C(C)(C)C)cn2)cc1-c1ccccc1.[2H]c1c(C#N)ccc2c1oc1c(-c3cc(C(C)(C)C)ccn3)[c-]cc(C(C)(C)C)c12.[Ir].